The number of amides is 1. The Balaban J connectivity index is 1.47. The number of fused-ring (bicyclic) bond motifs is 2. The summed E-state index contributed by atoms with van der Waals surface area (Å²) in [5.74, 6) is 1.13. The molecule has 1 aromatic carbocycles. The van der Waals surface area contributed by atoms with Crippen molar-refractivity contribution in [2.75, 3.05) is 33.7 Å². The maximum atomic E-state index is 12.4. The van der Waals surface area contributed by atoms with Crippen molar-refractivity contribution < 1.29 is 4.79 Å². The maximum absolute atomic E-state index is 12.4. The number of piperidine rings is 1. The summed E-state index contributed by atoms with van der Waals surface area (Å²) < 4.78 is 1.98. The number of aryl methyl sites for hydroxylation is 1. The second kappa shape index (κ2) is 8.91. The van der Waals surface area contributed by atoms with Gasteiger partial charge < -0.3 is 14.8 Å². The number of carbonyl (C=O) groups is 1. The number of hydrogen-bond donors (Lipinski definition) is 1. The first-order valence-corrected chi connectivity index (χ1v) is 12.3. The van der Waals surface area contributed by atoms with Crippen molar-refractivity contribution in [3.8, 4) is 11.3 Å². The second-order valence-electron chi connectivity index (χ2n) is 10.3. The maximum Gasteiger partial charge on any atom is 0.236 e. The lowest BCUT2D eigenvalue weighted by atomic mass is 9.87. The number of nitrogens with zero attached hydrogens (tertiary/aromatic N) is 4. The molecule has 1 N–H and O–H groups in total. The SMILES string of the molecule is Cc1cc(-c2[nH]c3ccc(C4CCN(C(=O)CN(C)C)CC4)cc3c2C(C)C)cc2ccnn12. The number of hydrogen-bond acceptors (Lipinski definition) is 3. The zero-order valence-electron chi connectivity index (χ0n) is 20.9. The zero-order valence-corrected chi connectivity index (χ0v) is 20.9. The number of likely N-dealkylation sites (N-methyl/N-ethyl adjacent to an activating group) is 1. The minimum Gasteiger partial charge on any atom is -0.354 e. The van der Waals surface area contributed by atoms with Gasteiger partial charge in [0.2, 0.25) is 5.91 Å². The number of benzene rings is 1. The van der Waals surface area contributed by atoms with Gasteiger partial charge in [0.1, 0.15) is 0 Å². The highest BCUT2D eigenvalue weighted by Crippen LogP contribution is 2.38. The lowest BCUT2D eigenvalue weighted by Crippen LogP contribution is -2.42. The Kier molecular flexibility index (Phi) is 5.94. The predicted molar refractivity (Wildman–Crippen MR) is 138 cm³/mol. The van der Waals surface area contributed by atoms with Crippen molar-refractivity contribution in [1.29, 1.82) is 0 Å². The van der Waals surface area contributed by atoms with E-state index in [1.807, 2.05) is 34.6 Å². The van der Waals surface area contributed by atoms with E-state index in [1.165, 1.54) is 33.3 Å². The highest BCUT2D eigenvalue weighted by atomic mass is 16.2. The minimum atomic E-state index is 0.238. The van der Waals surface area contributed by atoms with E-state index in [0.717, 1.165) is 37.1 Å². The molecule has 6 nitrogen and oxygen atoms in total. The smallest absolute Gasteiger partial charge is 0.236 e. The third-order valence-electron chi connectivity index (χ3n) is 7.17. The van der Waals surface area contributed by atoms with Gasteiger partial charge in [0.05, 0.1) is 17.8 Å². The topological polar surface area (TPSA) is 56.6 Å². The number of nitrogens with one attached hydrogen (secondary N) is 1. The van der Waals surface area contributed by atoms with Crippen LogP contribution in [0, 0.1) is 6.92 Å². The summed E-state index contributed by atoms with van der Waals surface area (Å²) in [6.07, 6.45) is 3.90. The molecule has 3 aromatic heterocycles. The number of rotatable bonds is 5. The monoisotopic (exact) mass is 457 g/mol. The lowest BCUT2D eigenvalue weighted by molar-refractivity contribution is -0.132. The van der Waals surface area contributed by atoms with Crippen LogP contribution in [0.1, 0.15) is 55.3 Å². The minimum absolute atomic E-state index is 0.238. The molecule has 1 saturated heterocycles. The van der Waals surface area contributed by atoms with E-state index in [2.05, 4.69) is 67.3 Å². The molecule has 1 fully saturated rings. The molecule has 5 rings (SSSR count). The standard InChI is InChI=1S/C28H35N5O/c1-18(2)27-24-16-21(20-9-12-32(13-10-20)26(34)17-31(4)5)6-7-25(24)30-28(27)22-14-19(3)33-23(15-22)8-11-29-33/h6-8,11,14-16,18,20,30H,9-10,12-13,17H2,1-5H3. The number of pyridine rings is 1. The molecule has 0 aliphatic carbocycles. The molecule has 4 aromatic rings. The zero-order chi connectivity index (χ0) is 24.0. The molecule has 0 saturated carbocycles. The van der Waals surface area contributed by atoms with Gasteiger partial charge in [-0.2, -0.15) is 5.10 Å². The quantitative estimate of drug-likeness (QED) is 0.449. The Morgan fingerprint density at radius 3 is 2.62 bits per heavy atom. The molecule has 0 atom stereocenters. The van der Waals surface area contributed by atoms with Gasteiger partial charge in [-0.25, -0.2) is 4.52 Å². The Morgan fingerprint density at radius 2 is 1.91 bits per heavy atom. The summed E-state index contributed by atoms with van der Waals surface area (Å²) in [5.41, 5.74) is 8.60. The first kappa shape index (κ1) is 22.7. The van der Waals surface area contributed by atoms with E-state index >= 15 is 0 Å². The van der Waals surface area contributed by atoms with Crippen LogP contribution in [0.2, 0.25) is 0 Å². The Morgan fingerprint density at radius 1 is 1.15 bits per heavy atom. The predicted octanol–water partition coefficient (Wildman–Crippen LogP) is 5.18. The molecule has 1 amide bonds. The highest BCUT2D eigenvalue weighted by Gasteiger charge is 2.25. The fourth-order valence-electron chi connectivity index (χ4n) is 5.49. The van der Waals surface area contributed by atoms with Gasteiger partial charge in [0.15, 0.2) is 0 Å². The van der Waals surface area contributed by atoms with Gasteiger partial charge in [-0.15, -0.1) is 0 Å². The summed E-state index contributed by atoms with van der Waals surface area (Å²) in [7, 11) is 3.90. The van der Waals surface area contributed by atoms with E-state index in [1.54, 1.807) is 0 Å². The molecule has 34 heavy (non-hydrogen) atoms. The number of aromatic amines is 1. The van der Waals surface area contributed by atoms with E-state index in [-0.39, 0.29) is 5.91 Å². The van der Waals surface area contributed by atoms with E-state index in [0.29, 0.717) is 18.4 Å². The fourth-order valence-corrected chi connectivity index (χ4v) is 5.49. The number of carbonyl (C=O) groups excluding carboxylic acids is 1. The Labute approximate surface area is 201 Å². The average molecular weight is 458 g/mol. The average Bonchev–Trinajstić information content (AvgIpc) is 3.43. The Hall–Kier alpha value is -3.12. The first-order valence-electron chi connectivity index (χ1n) is 12.3. The van der Waals surface area contributed by atoms with Gasteiger partial charge in [0.25, 0.3) is 0 Å². The van der Waals surface area contributed by atoms with Crippen LogP contribution in [0.15, 0.2) is 42.6 Å². The van der Waals surface area contributed by atoms with Crippen LogP contribution in [0.5, 0.6) is 0 Å². The lowest BCUT2D eigenvalue weighted by Gasteiger charge is -2.33. The van der Waals surface area contributed by atoms with Crippen LogP contribution >= 0.6 is 0 Å². The molecule has 4 heterocycles. The van der Waals surface area contributed by atoms with Crippen molar-refractivity contribution in [3.63, 3.8) is 0 Å². The third kappa shape index (κ3) is 4.11. The molecule has 0 radical (unpaired) electrons. The van der Waals surface area contributed by atoms with Gasteiger partial charge >= 0.3 is 0 Å². The first-order chi connectivity index (χ1) is 16.3. The van der Waals surface area contributed by atoms with Crippen LogP contribution in [0.4, 0.5) is 0 Å². The van der Waals surface area contributed by atoms with Gasteiger partial charge in [-0.1, -0.05) is 19.9 Å². The van der Waals surface area contributed by atoms with Crippen molar-refractivity contribution in [3.05, 3.63) is 59.4 Å². The molecule has 0 spiro atoms. The van der Waals surface area contributed by atoms with Crippen LogP contribution in [0.3, 0.4) is 0 Å². The van der Waals surface area contributed by atoms with E-state index in [9.17, 15) is 4.79 Å². The number of aromatic nitrogens is 3. The summed E-state index contributed by atoms with van der Waals surface area (Å²) in [5, 5.41) is 5.75. The summed E-state index contributed by atoms with van der Waals surface area (Å²) in [6.45, 7) is 8.83. The molecule has 178 valence electrons. The normalized spacial score (nSPS) is 15.3. The van der Waals surface area contributed by atoms with E-state index in [4.69, 9.17) is 0 Å². The molecular weight excluding hydrogens is 422 g/mol. The largest absolute Gasteiger partial charge is 0.354 e. The van der Waals surface area contributed by atoms with Gasteiger partial charge in [-0.3, -0.25) is 4.79 Å². The molecule has 6 heteroatoms. The summed E-state index contributed by atoms with van der Waals surface area (Å²) in [4.78, 5) is 20.2. The Bertz CT molecular complexity index is 1340. The summed E-state index contributed by atoms with van der Waals surface area (Å²) in [6, 6.07) is 13.4. The van der Waals surface area contributed by atoms with Crippen LogP contribution in [0.25, 0.3) is 27.7 Å². The van der Waals surface area contributed by atoms with Crippen LogP contribution in [-0.4, -0.2) is 64.0 Å². The van der Waals surface area contributed by atoms with Crippen molar-refractivity contribution in [1.82, 2.24) is 24.4 Å². The molecule has 1 aliphatic heterocycles. The van der Waals surface area contributed by atoms with Crippen LogP contribution in [-0.2, 0) is 4.79 Å². The molecule has 0 bridgehead atoms. The molecule has 0 unspecified atom stereocenters. The van der Waals surface area contributed by atoms with Crippen molar-refractivity contribution in [2.24, 2.45) is 0 Å². The van der Waals surface area contributed by atoms with E-state index < -0.39 is 0 Å². The van der Waals surface area contributed by atoms with Crippen LogP contribution < -0.4 is 0 Å². The number of H-pyrrole nitrogens is 1. The van der Waals surface area contributed by atoms with Crippen molar-refractivity contribution >= 4 is 22.3 Å². The van der Waals surface area contributed by atoms with Gasteiger partial charge in [0, 0.05) is 41.4 Å². The number of likely N-dealkylation sites (tertiary alicyclic amines) is 1. The molecular formula is C28H35N5O. The summed E-state index contributed by atoms with van der Waals surface area (Å²) >= 11 is 0. The van der Waals surface area contributed by atoms with Gasteiger partial charge in [-0.05, 0) is 87.2 Å². The van der Waals surface area contributed by atoms with Crippen molar-refractivity contribution in [2.45, 2.75) is 45.4 Å². The molecule has 1 aliphatic rings. The highest BCUT2D eigenvalue weighted by molar-refractivity contribution is 5.92. The second-order valence-corrected chi connectivity index (χ2v) is 10.3. The fraction of sp³-hybridized carbons (Fsp3) is 0.429. The third-order valence-corrected chi connectivity index (χ3v) is 7.17.